The maximum atomic E-state index is 11.5. The molecule has 1 N–H and O–H groups in total. The Morgan fingerprint density at radius 1 is 1.12 bits per heavy atom. The molecule has 16 heavy (non-hydrogen) atoms. The topological polar surface area (TPSA) is 29.1 Å². The second-order valence-electron chi connectivity index (χ2n) is 6.51. The molecule has 0 aromatic rings. The Bertz CT molecular complexity index is 213. The lowest BCUT2D eigenvalue weighted by Crippen LogP contribution is -2.40. The number of amides is 1. The lowest BCUT2D eigenvalue weighted by Gasteiger charge is -2.20. The smallest absolute Gasteiger partial charge is 0.220 e. The van der Waals surface area contributed by atoms with Crippen LogP contribution in [0.5, 0.6) is 0 Å². The van der Waals surface area contributed by atoms with Crippen molar-refractivity contribution in [2.45, 2.75) is 59.9 Å². The van der Waals surface area contributed by atoms with E-state index >= 15 is 0 Å². The molecule has 0 aromatic carbocycles. The van der Waals surface area contributed by atoms with E-state index in [1.807, 2.05) is 32.5 Å². The predicted octanol–water partition coefficient (Wildman–Crippen LogP) is 3.46. The van der Waals surface area contributed by atoms with Gasteiger partial charge in [-0.15, -0.1) is 0 Å². The zero-order valence-electron chi connectivity index (χ0n) is 11.6. The summed E-state index contributed by atoms with van der Waals surface area (Å²) in [4.78, 5) is 11.5. The molecule has 0 aliphatic heterocycles. The molecular weight excluding hydrogens is 218 g/mol. The molecule has 96 valence electrons. The second kappa shape index (κ2) is 6.53. The van der Waals surface area contributed by atoms with Crippen LogP contribution < -0.4 is 5.32 Å². The van der Waals surface area contributed by atoms with Gasteiger partial charge in [0.2, 0.25) is 5.91 Å². The van der Waals surface area contributed by atoms with Gasteiger partial charge >= 0.3 is 0 Å². The monoisotopic (exact) mass is 245 g/mol. The van der Waals surface area contributed by atoms with Crippen LogP contribution in [0.15, 0.2) is 0 Å². The van der Waals surface area contributed by atoms with E-state index in [1.54, 1.807) is 0 Å². The van der Waals surface area contributed by atoms with E-state index in [1.165, 1.54) is 0 Å². The van der Waals surface area contributed by atoms with Gasteiger partial charge in [0.1, 0.15) is 0 Å². The molecule has 0 heterocycles. The summed E-state index contributed by atoms with van der Waals surface area (Å²) in [6.07, 6.45) is 1.62. The first-order chi connectivity index (χ1) is 7.10. The van der Waals surface area contributed by atoms with Gasteiger partial charge in [0, 0.05) is 12.0 Å². The summed E-state index contributed by atoms with van der Waals surface area (Å²) in [5.41, 5.74) is 0.286. The molecule has 3 heteroatoms. The summed E-state index contributed by atoms with van der Waals surface area (Å²) in [5.74, 6) is 2.41. The highest BCUT2D eigenvalue weighted by Gasteiger charge is 2.13. The van der Waals surface area contributed by atoms with Crippen molar-refractivity contribution in [1.82, 2.24) is 5.32 Å². The minimum Gasteiger partial charge on any atom is -0.352 e. The van der Waals surface area contributed by atoms with E-state index < -0.39 is 0 Å². The highest BCUT2D eigenvalue weighted by Crippen LogP contribution is 2.20. The molecule has 0 rings (SSSR count). The fourth-order valence-electron chi connectivity index (χ4n) is 1.19. The molecule has 2 nitrogen and oxygen atoms in total. The Hall–Kier alpha value is -0.180. The van der Waals surface area contributed by atoms with Crippen molar-refractivity contribution in [3.63, 3.8) is 0 Å². The number of rotatable bonds is 5. The molecule has 0 saturated heterocycles. The van der Waals surface area contributed by atoms with Crippen molar-refractivity contribution in [2.24, 2.45) is 5.41 Å². The second-order valence-corrected chi connectivity index (χ2v) is 7.62. The molecule has 0 aliphatic carbocycles. The van der Waals surface area contributed by atoms with Crippen molar-refractivity contribution >= 4 is 17.7 Å². The first kappa shape index (κ1) is 15.8. The zero-order valence-corrected chi connectivity index (χ0v) is 12.5. The molecule has 0 aromatic heterocycles. The Morgan fingerprint density at radius 2 is 1.69 bits per heavy atom. The van der Waals surface area contributed by atoms with Crippen molar-refractivity contribution in [3.05, 3.63) is 0 Å². The molecule has 0 radical (unpaired) electrons. The molecular formula is C13H27NOS. The molecule has 0 atom stereocenters. The van der Waals surface area contributed by atoms with Crippen LogP contribution in [0.3, 0.4) is 0 Å². The number of hydrogen-bond donors (Lipinski definition) is 1. The minimum atomic E-state index is -0.102. The fourth-order valence-corrected chi connectivity index (χ4v) is 2.30. The number of thioether (sulfide) groups is 1. The van der Waals surface area contributed by atoms with E-state index in [-0.39, 0.29) is 11.4 Å². The molecule has 0 unspecified atom stereocenters. The maximum absolute atomic E-state index is 11.5. The average molecular weight is 245 g/mol. The van der Waals surface area contributed by atoms with E-state index in [0.29, 0.717) is 11.8 Å². The van der Waals surface area contributed by atoms with Crippen LogP contribution in [-0.4, -0.2) is 23.0 Å². The first-order valence-electron chi connectivity index (χ1n) is 5.99. The van der Waals surface area contributed by atoms with Crippen molar-refractivity contribution in [2.75, 3.05) is 11.5 Å². The Balaban J connectivity index is 3.50. The molecule has 0 aliphatic rings. The Kier molecular flexibility index (Phi) is 6.46. The average Bonchev–Trinajstić information content (AvgIpc) is 1.97. The normalized spacial score (nSPS) is 12.6. The van der Waals surface area contributed by atoms with Gasteiger partial charge in [0.05, 0.1) is 0 Å². The quantitative estimate of drug-likeness (QED) is 0.752. The van der Waals surface area contributed by atoms with E-state index in [9.17, 15) is 4.79 Å². The highest BCUT2D eigenvalue weighted by atomic mass is 32.2. The predicted molar refractivity (Wildman–Crippen MR) is 73.9 cm³/mol. The van der Waals surface area contributed by atoms with Crippen molar-refractivity contribution in [3.8, 4) is 0 Å². The number of carbonyl (C=O) groups excluding carboxylic acids is 1. The zero-order chi connectivity index (χ0) is 12.8. The lowest BCUT2D eigenvalue weighted by molar-refractivity contribution is -0.122. The van der Waals surface area contributed by atoms with Gasteiger partial charge in [-0.3, -0.25) is 4.79 Å². The van der Waals surface area contributed by atoms with Crippen molar-refractivity contribution < 1.29 is 4.79 Å². The van der Waals surface area contributed by atoms with Gasteiger partial charge < -0.3 is 5.32 Å². The summed E-state index contributed by atoms with van der Waals surface area (Å²) < 4.78 is 0. The Labute approximate surface area is 105 Å². The molecule has 1 amide bonds. The summed E-state index contributed by atoms with van der Waals surface area (Å²) in [5, 5.41) is 2.98. The van der Waals surface area contributed by atoms with Gasteiger partial charge in [0.15, 0.2) is 0 Å². The largest absolute Gasteiger partial charge is 0.352 e. The fraction of sp³-hybridized carbons (Fsp3) is 0.923. The molecule has 0 bridgehead atoms. The number of carbonyl (C=O) groups is 1. The van der Waals surface area contributed by atoms with Crippen LogP contribution in [-0.2, 0) is 4.79 Å². The van der Waals surface area contributed by atoms with E-state index in [0.717, 1.165) is 17.9 Å². The third kappa shape index (κ3) is 11.9. The molecule has 0 spiro atoms. The summed E-state index contributed by atoms with van der Waals surface area (Å²) >= 11 is 1.94. The Morgan fingerprint density at radius 3 is 2.12 bits per heavy atom. The summed E-state index contributed by atoms with van der Waals surface area (Å²) in [6.45, 7) is 12.8. The van der Waals surface area contributed by atoms with Crippen LogP contribution in [0.1, 0.15) is 54.4 Å². The van der Waals surface area contributed by atoms with Crippen LogP contribution in [0.2, 0.25) is 0 Å². The van der Waals surface area contributed by atoms with Crippen LogP contribution in [0.4, 0.5) is 0 Å². The van der Waals surface area contributed by atoms with Gasteiger partial charge in [-0.1, -0.05) is 20.8 Å². The SMILES string of the molecule is CC(C)(C)CSCCCC(=O)NC(C)(C)C. The van der Waals surface area contributed by atoms with Gasteiger partial charge in [-0.25, -0.2) is 0 Å². The third-order valence-corrected chi connectivity index (χ3v) is 3.39. The number of hydrogen-bond acceptors (Lipinski definition) is 2. The highest BCUT2D eigenvalue weighted by molar-refractivity contribution is 7.99. The van der Waals surface area contributed by atoms with Crippen molar-refractivity contribution in [1.29, 1.82) is 0 Å². The lowest BCUT2D eigenvalue weighted by atomic mass is 10.0. The standard InChI is InChI=1S/C13H27NOS/c1-12(2,3)10-16-9-7-8-11(15)14-13(4,5)6/h7-10H2,1-6H3,(H,14,15). The van der Waals surface area contributed by atoms with Crippen LogP contribution in [0, 0.1) is 5.41 Å². The molecule has 0 saturated carbocycles. The maximum Gasteiger partial charge on any atom is 0.220 e. The molecule has 0 fully saturated rings. The van der Waals surface area contributed by atoms with E-state index in [2.05, 4.69) is 26.1 Å². The number of nitrogens with one attached hydrogen (secondary N) is 1. The third-order valence-electron chi connectivity index (χ3n) is 1.74. The van der Waals surface area contributed by atoms with E-state index in [4.69, 9.17) is 0 Å². The van der Waals surface area contributed by atoms with Gasteiger partial charge in [0.25, 0.3) is 0 Å². The summed E-state index contributed by atoms with van der Waals surface area (Å²) in [6, 6.07) is 0. The van der Waals surface area contributed by atoms with Gasteiger partial charge in [-0.05, 0) is 44.1 Å². The van der Waals surface area contributed by atoms with Gasteiger partial charge in [-0.2, -0.15) is 11.8 Å². The van der Waals surface area contributed by atoms with Crippen LogP contribution in [0.25, 0.3) is 0 Å². The summed E-state index contributed by atoms with van der Waals surface area (Å²) in [7, 11) is 0. The minimum absolute atomic E-state index is 0.102. The first-order valence-corrected chi connectivity index (χ1v) is 7.14. The van der Waals surface area contributed by atoms with Crippen LogP contribution >= 0.6 is 11.8 Å².